The Kier molecular flexibility index (Phi) is 3.07. The van der Waals surface area contributed by atoms with Gasteiger partial charge in [0.05, 0.1) is 12.6 Å². The molecule has 0 aromatic carbocycles. The predicted octanol–water partition coefficient (Wildman–Crippen LogP) is 1.57. The van der Waals surface area contributed by atoms with Crippen LogP contribution >= 0.6 is 0 Å². The van der Waals surface area contributed by atoms with Gasteiger partial charge in [-0.25, -0.2) is 4.90 Å². The molecule has 0 fully saturated rings. The molecule has 1 rings (SSSR count). The third kappa shape index (κ3) is 2.29. The molecule has 1 aliphatic rings. The van der Waals surface area contributed by atoms with Gasteiger partial charge in [-0.1, -0.05) is 13.8 Å². The molecule has 3 heteroatoms. The summed E-state index contributed by atoms with van der Waals surface area (Å²) in [6.07, 6.45) is 1.99. The Morgan fingerprint density at radius 3 is 2.46 bits per heavy atom. The number of rotatable bonds is 3. The minimum Gasteiger partial charge on any atom is -0.216 e. The summed E-state index contributed by atoms with van der Waals surface area (Å²) in [6.45, 7) is 9.94. The molecule has 1 heterocycles. The summed E-state index contributed by atoms with van der Waals surface area (Å²) in [6, 6.07) is 0.463. The van der Waals surface area contributed by atoms with E-state index in [1.165, 1.54) is 0 Å². The molecular formula is C10H19N2O+. The molecular weight excluding hydrogens is 164 g/mol. The van der Waals surface area contributed by atoms with E-state index in [-0.39, 0.29) is 6.03 Å². The predicted molar refractivity (Wildman–Crippen MR) is 53.3 cm³/mol. The first-order chi connectivity index (χ1) is 6.02. The molecule has 0 saturated carbocycles. The highest BCUT2D eigenvalue weighted by atomic mass is 16.2. The van der Waals surface area contributed by atoms with Gasteiger partial charge in [0.15, 0.2) is 0 Å². The largest absolute Gasteiger partial charge is 0.493 e. The van der Waals surface area contributed by atoms with Crippen LogP contribution < -0.4 is 0 Å². The zero-order valence-electron chi connectivity index (χ0n) is 8.95. The number of amides is 2. The second kappa shape index (κ2) is 3.90. The Hall–Kier alpha value is -0.860. The molecule has 1 aliphatic heterocycles. The van der Waals surface area contributed by atoms with Crippen LogP contribution in [-0.4, -0.2) is 40.9 Å². The fourth-order valence-corrected chi connectivity index (χ4v) is 1.49. The molecule has 0 radical (unpaired) electrons. The van der Waals surface area contributed by atoms with Crippen LogP contribution in [0.5, 0.6) is 0 Å². The van der Waals surface area contributed by atoms with Crippen molar-refractivity contribution in [2.75, 3.05) is 13.1 Å². The lowest BCUT2D eigenvalue weighted by Gasteiger charge is -2.12. The molecule has 2 amide bonds. The van der Waals surface area contributed by atoms with Crippen LogP contribution in [0.15, 0.2) is 0 Å². The summed E-state index contributed by atoms with van der Waals surface area (Å²) in [7, 11) is 0. The van der Waals surface area contributed by atoms with Crippen molar-refractivity contribution in [2.45, 2.75) is 33.7 Å². The first kappa shape index (κ1) is 10.2. The zero-order chi connectivity index (χ0) is 10.0. The number of urea groups is 1. The van der Waals surface area contributed by atoms with Crippen molar-refractivity contribution in [3.63, 3.8) is 0 Å². The van der Waals surface area contributed by atoms with Crippen molar-refractivity contribution in [3.8, 4) is 0 Å². The molecule has 0 aromatic rings. The van der Waals surface area contributed by atoms with E-state index in [2.05, 4.69) is 13.8 Å². The SMILES string of the molecule is CC(C)C[N+]1=CCN(C(C)C)C1=O. The maximum absolute atomic E-state index is 11.7. The van der Waals surface area contributed by atoms with Crippen molar-refractivity contribution < 1.29 is 9.37 Å². The molecule has 0 N–H and O–H groups in total. The summed E-state index contributed by atoms with van der Waals surface area (Å²) in [5.41, 5.74) is 0. The average Bonchev–Trinajstić information content (AvgIpc) is 2.32. The zero-order valence-corrected chi connectivity index (χ0v) is 8.95. The van der Waals surface area contributed by atoms with E-state index < -0.39 is 0 Å². The van der Waals surface area contributed by atoms with Crippen molar-refractivity contribution in [3.05, 3.63) is 0 Å². The molecule has 0 aliphatic carbocycles. The molecule has 0 saturated heterocycles. The quantitative estimate of drug-likeness (QED) is 0.609. The average molecular weight is 183 g/mol. The van der Waals surface area contributed by atoms with Crippen molar-refractivity contribution in [1.82, 2.24) is 4.90 Å². The second-order valence-corrected chi connectivity index (χ2v) is 4.26. The maximum Gasteiger partial charge on any atom is 0.493 e. The van der Waals surface area contributed by atoms with Gasteiger partial charge in [-0.3, -0.25) is 0 Å². The number of hydrogen-bond acceptors (Lipinski definition) is 1. The van der Waals surface area contributed by atoms with E-state index in [1.54, 1.807) is 0 Å². The second-order valence-electron chi connectivity index (χ2n) is 4.26. The van der Waals surface area contributed by atoms with Crippen LogP contribution in [0, 0.1) is 5.92 Å². The molecule has 0 bridgehead atoms. The van der Waals surface area contributed by atoms with Gasteiger partial charge in [0.1, 0.15) is 12.8 Å². The smallest absolute Gasteiger partial charge is 0.216 e. The third-order valence-electron chi connectivity index (χ3n) is 2.18. The van der Waals surface area contributed by atoms with Crippen LogP contribution in [0.2, 0.25) is 0 Å². The highest BCUT2D eigenvalue weighted by molar-refractivity contribution is 5.79. The van der Waals surface area contributed by atoms with Gasteiger partial charge in [0, 0.05) is 0 Å². The molecule has 0 atom stereocenters. The van der Waals surface area contributed by atoms with Crippen LogP contribution in [0.4, 0.5) is 4.79 Å². The fraction of sp³-hybridized carbons (Fsp3) is 0.800. The lowest BCUT2D eigenvalue weighted by molar-refractivity contribution is -0.431. The minimum atomic E-state index is 0.156. The van der Waals surface area contributed by atoms with E-state index in [1.807, 2.05) is 29.5 Å². The van der Waals surface area contributed by atoms with Crippen molar-refractivity contribution in [1.29, 1.82) is 0 Å². The first-order valence-corrected chi connectivity index (χ1v) is 4.93. The van der Waals surface area contributed by atoms with Gasteiger partial charge in [-0.15, -0.1) is 0 Å². The maximum atomic E-state index is 11.7. The Morgan fingerprint density at radius 2 is 2.08 bits per heavy atom. The molecule has 74 valence electrons. The van der Waals surface area contributed by atoms with Crippen molar-refractivity contribution >= 4 is 12.2 Å². The Labute approximate surface area is 80.0 Å². The summed E-state index contributed by atoms with van der Waals surface area (Å²) < 4.78 is 1.82. The highest BCUT2D eigenvalue weighted by Gasteiger charge is 2.34. The lowest BCUT2D eigenvalue weighted by Crippen LogP contribution is -2.36. The summed E-state index contributed by atoms with van der Waals surface area (Å²) in [5.74, 6) is 0.535. The number of carbonyl (C=O) groups is 1. The molecule has 0 aromatic heterocycles. The van der Waals surface area contributed by atoms with Gasteiger partial charge in [-0.2, -0.15) is 9.37 Å². The summed E-state index contributed by atoms with van der Waals surface area (Å²) >= 11 is 0. The van der Waals surface area contributed by atoms with Crippen LogP contribution in [0.1, 0.15) is 27.7 Å². The molecule has 0 unspecified atom stereocenters. The van der Waals surface area contributed by atoms with E-state index in [0.29, 0.717) is 12.0 Å². The minimum absolute atomic E-state index is 0.156. The number of carbonyl (C=O) groups excluding carboxylic acids is 1. The fourth-order valence-electron chi connectivity index (χ4n) is 1.49. The van der Waals surface area contributed by atoms with Crippen LogP contribution in [0.3, 0.4) is 0 Å². The van der Waals surface area contributed by atoms with Gasteiger partial charge < -0.3 is 0 Å². The summed E-state index contributed by atoms with van der Waals surface area (Å²) in [4.78, 5) is 13.6. The number of nitrogens with zero attached hydrogens (tertiary/aromatic N) is 2. The lowest BCUT2D eigenvalue weighted by atomic mass is 10.2. The monoisotopic (exact) mass is 183 g/mol. The topological polar surface area (TPSA) is 23.3 Å². The van der Waals surface area contributed by atoms with Crippen LogP contribution in [0.25, 0.3) is 0 Å². The van der Waals surface area contributed by atoms with E-state index >= 15 is 0 Å². The Bertz CT molecular complexity index is 231. The van der Waals surface area contributed by atoms with E-state index in [0.717, 1.165) is 13.1 Å². The van der Waals surface area contributed by atoms with Gasteiger partial charge in [0.25, 0.3) is 0 Å². The first-order valence-electron chi connectivity index (χ1n) is 4.93. The van der Waals surface area contributed by atoms with Crippen LogP contribution in [-0.2, 0) is 0 Å². The van der Waals surface area contributed by atoms with E-state index in [4.69, 9.17) is 0 Å². The standard InChI is InChI=1S/C10H19N2O/c1-8(2)7-11-5-6-12(9(3)4)10(11)13/h5,8-9H,6-7H2,1-4H3/q+1. The Balaban J connectivity index is 2.58. The number of hydrogen-bond donors (Lipinski definition) is 0. The molecule has 13 heavy (non-hydrogen) atoms. The highest BCUT2D eigenvalue weighted by Crippen LogP contribution is 2.07. The molecule has 3 nitrogen and oxygen atoms in total. The van der Waals surface area contributed by atoms with Gasteiger partial charge >= 0.3 is 6.03 Å². The molecule has 0 spiro atoms. The Morgan fingerprint density at radius 1 is 1.46 bits per heavy atom. The van der Waals surface area contributed by atoms with Gasteiger partial charge in [0.2, 0.25) is 0 Å². The summed E-state index contributed by atoms with van der Waals surface area (Å²) in [5, 5.41) is 0. The third-order valence-corrected chi connectivity index (χ3v) is 2.18. The van der Waals surface area contributed by atoms with Crippen molar-refractivity contribution in [2.24, 2.45) is 5.92 Å². The normalized spacial score (nSPS) is 17.5. The van der Waals surface area contributed by atoms with E-state index in [9.17, 15) is 4.79 Å². The van der Waals surface area contributed by atoms with Gasteiger partial charge in [-0.05, 0) is 19.8 Å².